The summed E-state index contributed by atoms with van der Waals surface area (Å²) in [5.41, 5.74) is 3.13. The molecule has 0 aromatic heterocycles. The number of hydrogen-bond acceptors (Lipinski definition) is 5. The van der Waals surface area contributed by atoms with Gasteiger partial charge in [0.2, 0.25) is 0 Å². The van der Waals surface area contributed by atoms with Gasteiger partial charge in [0.15, 0.2) is 0 Å². The van der Waals surface area contributed by atoms with Gasteiger partial charge in [-0.15, -0.1) is 0 Å². The lowest BCUT2D eigenvalue weighted by atomic mass is 10.2. The van der Waals surface area contributed by atoms with E-state index < -0.39 is 11.8 Å². The van der Waals surface area contributed by atoms with Crippen LogP contribution in [0.25, 0.3) is 0 Å². The van der Waals surface area contributed by atoms with Crippen molar-refractivity contribution in [3.05, 3.63) is 53.1 Å². The molecule has 2 aromatic carbocycles. The molecule has 0 atom stereocenters. The van der Waals surface area contributed by atoms with Gasteiger partial charge < -0.3 is 14.8 Å². The summed E-state index contributed by atoms with van der Waals surface area (Å²) in [6.45, 7) is 0. The second kappa shape index (κ2) is 8.70. The van der Waals surface area contributed by atoms with Gasteiger partial charge in [-0.1, -0.05) is 17.7 Å². The topological polar surface area (TPSA) is 89.0 Å². The number of carbonyl (C=O) groups is 2. The quantitative estimate of drug-likeness (QED) is 0.486. The number of anilines is 1. The molecule has 0 aliphatic rings. The zero-order valence-corrected chi connectivity index (χ0v) is 14.3. The summed E-state index contributed by atoms with van der Waals surface area (Å²) >= 11 is 5.82. The second-order valence-corrected chi connectivity index (χ2v) is 5.21. The Hall–Kier alpha value is -3.06. The monoisotopic (exact) mass is 361 g/mol. The van der Waals surface area contributed by atoms with Gasteiger partial charge in [0.25, 0.3) is 0 Å². The fourth-order valence-electron chi connectivity index (χ4n) is 1.91. The number of amides is 2. The van der Waals surface area contributed by atoms with E-state index in [0.29, 0.717) is 27.8 Å². The molecule has 0 spiro atoms. The number of benzene rings is 2. The van der Waals surface area contributed by atoms with E-state index in [2.05, 4.69) is 15.8 Å². The lowest BCUT2D eigenvalue weighted by molar-refractivity contribution is -0.136. The average molecular weight is 362 g/mol. The Morgan fingerprint density at radius 1 is 1.08 bits per heavy atom. The Bertz CT molecular complexity index is 808. The largest absolute Gasteiger partial charge is 0.497 e. The van der Waals surface area contributed by atoms with Crippen molar-refractivity contribution in [1.29, 1.82) is 0 Å². The predicted molar refractivity (Wildman–Crippen MR) is 95.4 cm³/mol. The van der Waals surface area contributed by atoms with Gasteiger partial charge >= 0.3 is 11.8 Å². The maximum atomic E-state index is 11.8. The number of nitrogens with zero attached hydrogens (tertiary/aromatic N) is 1. The van der Waals surface area contributed by atoms with E-state index in [1.807, 2.05) is 0 Å². The first kappa shape index (κ1) is 18.3. The highest BCUT2D eigenvalue weighted by molar-refractivity contribution is 6.39. The molecular weight excluding hydrogens is 346 g/mol. The predicted octanol–water partition coefficient (Wildman–Crippen LogP) is 2.45. The van der Waals surface area contributed by atoms with Gasteiger partial charge in [0.05, 0.1) is 20.4 Å². The molecule has 0 saturated carbocycles. The lowest BCUT2D eigenvalue weighted by Crippen LogP contribution is -2.32. The van der Waals surface area contributed by atoms with E-state index in [1.165, 1.54) is 26.5 Å². The SMILES string of the molecule is COc1ccc(OC)c(C=NNC(=O)C(=O)Nc2cccc(Cl)c2)c1. The highest BCUT2D eigenvalue weighted by Crippen LogP contribution is 2.22. The normalized spacial score (nSPS) is 10.4. The number of carbonyl (C=O) groups excluding carboxylic acids is 2. The molecular formula is C17H16ClN3O4. The van der Waals surface area contributed by atoms with Crippen LogP contribution in [-0.2, 0) is 9.59 Å². The van der Waals surface area contributed by atoms with Crippen LogP contribution in [0.3, 0.4) is 0 Å². The van der Waals surface area contributed by atoms with Gasteiger partial charge in [-0.25, -0.2) is 5.43 Å². The minimum atomic E-state index is -0.918. The van der Waals surface area contributed by atoms with Crippen LogP contribution >= 0.6 is 11.6 Å². The van der Waals surface area contributed by atoms with E-state index in [0.717, 1.165) is 0 Å². The van der Waals surface area contributed by atoms with Crippen molar-refractivity contribution in [2.24, 2.45) is 5.10 Å². The maximum absolute atomic E-state index is 11.8. The summed E-state index contributed by atoms with van der Waals surface area (Å²) in [6.07, 6.45) is 1.35. The highest BCUT2D eigenvalue weighted by atomic mass is 35.5. The van der Waals surface area contributed by atoms with Gasteiger partial charge in [0, 0.05) is 16.3 Å². The van der Waals surface area contributed by atoms with Crippen LogP contribution in [-0.4, -0.2) is 32.2 Å². The van der Waals surface area contributed by atoms with Crippen molar-refractivity contribution in [3.63, 3.8) is 0 Å². The van der Waals surface area contributed by atoms with Crippen LogP contribution in [0, 0.1) is 0 Å². The molecule has 0 aliphatic heterocycles. The van der Waals surface area contributed by atoms with E-state index in [9.17, 15) is 9.59 Å². The molecule has 0 unspecified atom stereocenters. The van der Waals surface area contributed by atoms with Gasteiger partial charge in [-0.2, -0.15) is 5.10 Å². The number of ether oxygens (including phenoxy) is 2. The number of halogens is 1. The third kappa shape index (κ3) is 5.22. The number of nitrogens with one attached hydrogen (secondary N) is 2. The van der Waals surface area contributed by atoms with Crippen molar-refractivity contribution in [2.75, 3.05) is 19.5 Å². The van der Waals surface area contributed by atoms with Crippen LogP contribution in [0.4, 0.5) is 5.69 Å². The van der Waals surface area contributed by atoms with E-state index in [4.69, 9.17) is 21.1 Å². The number of methoxy groups -OCH3 is 2. The van der Waals surface area contributed by atoms with Crippen LogP contribution in [0.2, 0.25) is 5.02 Å². The molecule has 0 aliphatic carbocycles. The van der Waals surface area contributed by atoms with Crippen LogP contribution in [0.15, 0.2) is 47.6 Å². The minimum absolute atomic E-state index is 0.408. The molecule has 2 N–H and O–H groups in total. The minimum Gasteiger partial charge on any atom is -0.497 e. The summed E-state index contributed by atoms with van der Waals surface area (Å²) < 4.78 is 10.3. The van der Waals surface area contributed by atoms with Gasteiger partial charge in [0.1, 0.15) is 11.5 Å². The smallest absolute Gasteiger partial charge is 0.329 e. The molecule has 0 bridgehead atoms. The average Bonchev–Trinajstić information content (AvgIpc) is 2.61. The maximum Gasteiger partial charge on any atom is 0.329 e. The van der Waals surface area contributed by atoms with Crippen LogP contribution in [0.1, 0.15) is 5.56 Å². The van der Waals surface area contributed by atoms with E-state index in [-0.39, 0.29) is 0 Å². The Morgan fingerprint density at radius 2 is 1.88 bits per heavy atom. The molecule has 0 heterocycles. The molecule has 2 aromatic rings. The molecule has 0 fully saturated rings. The molecule has 2 rings (SSSR count). The zero-order chi connectivity index (χ0) is 18.2. The van der Waals surface area contributed by atoms with Crippen molar-refractivity contribution in [3.8, 4) is 11.5 Å². The molecule has 7 nitrogen and oxygen atoms in total. The summed E-state index contributed by atoms with van der Waals surface area (Å²) in [6, 6.07) is 11.6. The second-order valence-electron chi connectivity index (χ2n) is 4.77. The van der Waals surface area contributed by atoms with Crippen LogP contribution < -0.4 is 20.2 Å². The first-order chi connectivity index (χ1) is 12.0. The van der Waals surface area contributed by atoms with Crippen LogP contribution in [0.5, 0.6) is 11.5 Å². The fourth-order valence-corrected chi connectivity index (χ4v) is 2.10. The summed E-state index contributed by atoms with van der Waals surface area (Å²) in [7, 11) is 3.04. The van der Waals surface area contributed by atoms with Crippen molar-refractivity contribution in [2.45, 2.75) is 0 Å². The number of hydrazone groups is 1. The number of rotatable bonds is 5. The highest BCUT2D eigenvalue weighted by Gasteiger charge is 2.13. The third-order valence-corrected chi connectivity index (χ3v) is 3.33. The third-order valence-electron chi connectivity index (χ3n) is 3.10. The summed E-state index contributed by atoms with van der Waals surface area (Å²) in [4.78, 5) is 23.6. The summed E-state index contributed by atoms with van der Waals surface area (Å²) in [5, 5.41) is 6.62. The van der Waals surface area contributed by atoms with Gasteiger partial charge in [-0.05, 0) is 36.4 Å². The summed E-state index contributed by atoms with van der Waals surface area (Å²) in [5.74, 6) is -0.635. The molecule has 2 amide bonds. The first-order valence-electron chi connectivity index (χ1n) is 7.15. The van der Waals surface area contributed by atoms with Crippen molar-refractivity contribution in [1.82, 2.24) is 5.43 Å². The standard InChI is InChI=1S/C17H16ClN3O4/c1-24-14-6-7-15(25-2)11(8-14)10-19-21-17(23)16(22)20-13-5-3-4-12(18)9-13/h3-10H,1-2H3,(H,20,22)(H,21,23). The Morgan fingerprint density at radius 3 is 2.56 bits per heavy atom. The number of hydrogen-bond donors (Lipinski definition) is 2. The molecule has 0 saturated heterocycles. The van der Waals surface area contributed by atoms with Crippen molar-refractivity contribution < 1.29 is 19.1 Å². The molecule has 8 heteroatoms. The van der Waals surface area contributed by atoms with E-state index >= 15 is 0 Å². The lowest BCUT2D eigenvalue weighted by Gasteiger charge is -2.07. The molecule has 130 valence electrons. The van der Waals surface area contributed by atoms with Gasteiger partial charge in [-0.3, -0.25) is 9.59 Å². The Balaban J connectivity index is 1.99. The Labute approximate surface area is 149 Å². The van der Waals surface area contributed by atoms with E-state index in [1.54, 1.807) is 36.4 Å². The zero-order valence-electron chi connectivity index (χ0n) is 13.6. The molecule has 0 radical (unpaired) electrons. The first-order valence-corrected chi connectivity index (χ1v) is 7.53. The van der Waals surface area contributed by atoms with Crippen molar-refractivity contribution >= 4 is 35.3 Å². The molecule has 25 heavy (non-hydrogen) atoms. The Kier molecular flexibility index (Phi) is 6.36. The fraction of sp³-hybridized carbons (Fsp3) is 0.118.